The van der Waals surface area contributed by atoms with Crippen molar-refractivity contribution in [1.82, 2.24) is 19.9 Å². The molecule has 140 valence electrons. The molecule has 0 saturated carbocycles. The van der Waals surface area contributed by atoms with Crippen LogP contribution in [0, 0.1) is 5.82 Å². The lowest BCUT2D eigenvalue weighted by Crippen LogP contribution is -2.13. The number of aromatic nitrogens is 4. The summed E-state index contributed by atoms with van der Waals surface area (Å²) in [6.45, 7) is 0.844. The van der Waals surface area contributed by atoms with E-state index in [1.54, 1.807) is 49.2 Å². The molecule has 8 heteroatoms. The summed E-state index contributed by atoms with van der Waals surface area (Å²) < 4.78 is 24.0. The third-order valence-corrected chi connectivity index (χ3v) is 3.85. The number of benzene rings is 1. The van der Waals surface area contributed by atoms with Gasteiger partial charge in [-0.2, -0.15) is 0 Å². The summed E-state index contributed by atoms with van der Waals surface area (Å²) in [6.07, 6.45) is 8.13. The van der Waals surface area contributed by atoms with E-state index in [4.69, 9.17) is 9.15 Å². The third kappa shape index (κ3) is 4.12. The third-order valence-electron chi connectivity index (χ3n) is 3.85. The molecule has 1 aromatic carbocycles. The Bertz CT molecular complexity index is 1020. The minimum Gasteiger partial charge on any atom is -0.492 e. The van der Waals surface area contributed by atoms with Gasteiger partial charge in [-0.25, -0.2) is 14.4 Å². The van der Waals surface area contributed by atoms with E-state index in [9.17, 15) is 4.39 Å². The number of hydrogen-bond acceptors (Lipinski definition) is 7. The summed E-state index contributed by atoms with van der Waals surface area (Å²) in [5.41, 5.74) is 1.98. The summed E-state index contributed by atoms with van der Waals surface area (Å²) in [6, 6.07) is 9.48. The molecule has 3 heterocycles. The molecule has 28 heavy (non-hydrogen) atoms. The second-order valence-electron chi connectivity index (χ2n) is 5.75. The van der Waals surface area contributed by atoms with E-state index in [-0.39, 0.29) is 5.82 Å². The predicted molar refractivity (Wildman–Crippen MR) is 101 cm³/mol. The van der Waals surface area contributed by atoms with Crippen LogP contribution < -0.4 is 10.1 Å². The standard InChI is InChI=1S/C20H16FN5O2/c21-14-3-5-15(6-4-14)27-11-9-24-20-25-12-16(17-13-22-7-8-23-17)19(26-20)18-2-1-10-28-18/h1-8,10,12-13H,9,11H2,(H,24,25,26). The number of nitrogens with zero attached hydrogens (tertiary/aromatic N) is 4. The molecular formula is C20H16FN5O2. The Hall–Kier alpha value is -3.81. The van der Waals surface area contributed by atoms with Gasteiger partial charge in [0.2, 0.25) is 5.95 Å². The topological polar surface area (TPSA) is 86.0 Å². The predicted octanol–water partition coefficient (Wildman–Crippen LogP) is 3.82. The highest BCUT2D eigenvalue weighted by Gasteiger charge is 2.14. The van der Waals surface area contributed by atoms with Crippen molar-refractivity contribution < 1.29 is 13.5 Å². The first-order chi connectivity index (χ1) is 13.8. The van der Waals surface area contributed by atoms with Crippen molar-refractivity contribution in [3.8, 4) is 28.5 Å². The molecule has 0 aliphatic heterocycles. The van der Waals surface area contributed by atoms with Gasteiger partial charge >= 0.3 is 0 Å². The molecule has 4 rings (SSSR count). The first-order valence-corrected chi connectivity index (χ1v) is 8.59. The molecule has 0 atom stereocenters. The number of halogens is 1. The van der Waals surface area contributed by atoms with E-state index >= 15 is 0 Å². The average Bonchev–Trinajstić information content (AvgIpc) is 3.28. The monoisotopic (exact) mass is 377 g/mol. The molecule has 0 amide bonds. The smallest absolute Gasteiger partial charge is 0.223 e. The van der Waals surface area contributed by atoms with E-state index in [1.165, 1.54) is 12.1 Å². The molecule has 0 saturated heterocycles. The molecule has 7 nitrogen and oxygen atoms in total. The SMILES string of the molecule is Fc1ccc(OCCNc2ncc(-c3cnccn3)c(-c3ccco3)n2)cc1. The van der Waals surface area contributed by atoms with Gasteiger partial charge in [0, 0.05) is 24.2 Å². The molecule has 0 radical (unpaired) electrons. The van der Waals surface area contributed by atoms with Gasteiger partial charge in [-0.3, -0.25) is 9.97 Å². The average molecular weight is 377 g/mol. The summed E-state index contributed by atoms with van der Waals surface area (Å²) in [5, 5.41) is 3.11. The molecule has 0 bridgehead atoms. The Balaban J connectivity index is 1.47. The normalized spacial score (nSPS) is 10.6. The van der Waals surface area contributed by atoms with Crippen molar-refractivity contribution in [1.29, 1.82) is 0 Å². The maximum atomic E-state index is 12.9. The van der Waals surface area contributed by atoms with Gasteiger partial charge < -0.3 is 14.5 Å². The van der Waals surface area contributed by atoms with Gasteiger partial charge in [-0.1, -0.05) is 0 Å². The zero-order valence-electron chi connectivity index (χ0n) is 14.7. The fourth-order valence-electron chi connectivity index (χ4n) is 2.56. The Morgan fingerprint density at radius 1 is 1.04 bits per heavy atom. The molecule has 0 spiro atoms. The molecule has 4 aromatic rings. The van der Waals surface area contributed by atoms with Crippen LogP contribution in [0.2, 0.25) is 0 Å². The lowest BCUT2D eigenvalue weighted by molar-refractivity contribution is 0.332. The highest BCUT2D eigenvalue weighted by molar-refractivity contribution is 5.76. The number of anilines is 1. The van der Waals surface area contributed by atoms with Crippen LogP contribution >= 0.6 is 0 Å². The Morgan fingerprint density at radius 2 is 1.93 bits per heavy atom. The highest BCUT2D eigenvalue weighted by Crippen LogP contribution is 2.29. The lowest BCUT2D eigenvalue weighted by atomic mass is 10.1. The van der Waals surface area contributed by atoms with Crippen molar-refractivity contribution in [3.05, 3.63) is 73.3 Å². The Morgan fingerprint density at radius 3 is 2.68 bits per heavy atom. The molecular weight excluding hydrogens is 361 g/mol. The zero-order valence-corrected chi connectivity index (χ0v) is 14.7. The summed E-state index contributed by atoms with van der Waals surface area (Å²) in [5.74, 6) is 1.33. The van der Waals surface area contributed by atoms with E-state index < -0.39 is 0 Å². The highest BCUT2D eigenvalue weighted by atomic mass is 19.1. The van der Waals surface area contributed by atoms with Crippen LogP contribution in [0.15, 0.2) is 71.9 Å². The maximum Gasteiger partial charge on any atom is 0.223 e. The second kappa shape index (κ2) is 8.26. The molecule has 0 unspecified atom stereocenters. The van der Waals surface area contributed by atoms with Crippen LogP contribution in [0.25, 0.3) is 22.7 Å². The quantitative estimate of drug-likeness (QED) is 0.490. The summed E-state index contributed by atoms with van der Waals surface area (Å²) in [7, 11) is 0. The van der Waals surface area contributed by atoms with Crippen LogP contribution in [0.4, 0.5) is 10.3 Å². The van der Waals surface area contributed by atoms with E-state index in [0.717, 1.165) is 5.56 Å². The largest absolute Gasteiger partial charge is 0.492 e. The van der Waals surface area contributed by atoms with Crippen LogP contribution in [-0.2, 0) is 0 Å². The van der Waals surface area contributed by atoms with Crippen LogP contribution in [-0.4, -0.2) is 33.1 Å². The van der Waals surface area contributed by atoms with Crippen LogP contribution in [0.1, 0.15) is 0 Å². The van der Waals surface area contributed by atoms with Gasteiger partial charge in [0.05, 0.1) is 24.7 Å². The summed E-state index contributed by atoms with van der Waals surface area (Å²) >= 11 is 0. The van der Waals surface area contributed by atoms with Gasteiger partial charge in [0.1, 0.15) is 23.9 Å². The van der Waals surface area contributed by atoms with Gasteiger partial charge in [-0.05, 0) is 36.4 Å². The number of hydrogen-bond donors (Lipinski definition) is 1. The second-order valence-corrected chi connectivity index (χ2v) is 5.75. The fraction of sp³-hybridized carbons (Fsp3) is 0.100. The fourth-order valence-corrected chi connectivity index (χ4v) is 2.56. The molecule has 1 N–H and O–H groups in total. The minimum absolute atomic E-state index is 0.299. The molecule has 3 aromatic heterocycles. The first-order valence-electron chi connectivity index (χ1n) is 8.59. The van der Waals surface area contributed by atoms with Gasteiger partial charge in [0.15, 0.2) is 5.76 Å². The maximum absolute atomic E-state index is 12.9. The van der Waals surface area contributed by atoms with Crippen LogP contribution in [0.5, 0.6) is 5.75 Å². The molecule has 0 aliphatic carbocycles. The number of nitrogens with one attached hydrogen (secondary N) is 1. The van der Waals surface area contributed by atoms with Crippen molar-refractivity contribution in [2.24, 2.45) is 0 Å². The number of rotatable bonds is 7. The van der Waals surface area contributed by atoms with E-state index in [1.807, 2.05) is 6.07 Å². The summed E-state index contributed by atoms with van der Waals surface area (Å²) in [4.78, 5) is 17.3. The lowest BCUT2D eigenvalue weighted by Gasteiger charge is -2.10. The van der Waals surface area contributed by atoms with Crippen LogP contribution in [0.3, 0.4) is 0 Å². The van der Waals surface area contributed by atoms with Crippen molar-refractivity contribution in [3.63, 3.8) is 0 Å². The van der Waals surface area contributed by atoms with Crippen molar-refractivity contribution in [2.75, 3.05) is 18.5 Å². The number of ether oxygens (including phenoxy) is 1. The Labute approximate surface area is 160 Å². The zero-order chi connectivity index (χ0) is 19.2. The van der Waals surface area contributed by atoms with Gasteiger partial charge in [0.25, 0.3) is 0 Å². The molecule has 0 aliphatic rings. The van der Waals surface area contributed by atoms with Crippen molar-refractivity contribution >= 4 is 5.95 Å². The van der Waals surface area contributed by atoms with Gasteiger partial charge in [-0.15, -0.1) is 0 Å². The Kier molecular flexibility index (Phi) is 5.19. The molecule has 0 fully saturated rings. The minimum atomic E-state index is -0.299. The van der Waals surface area contributed by atoms with E-state index in [2.05, 4.69) is 25.3 Å². The first kappa shape index (κ1) is 17.6. The van der Waals surface area contributed by atoms with Crippen molar-refractivity contribution in [2.45, 2.75) is 0 Å². The number of furan rings is 1. The van der Waals surface area contributed by atoms with E-state index in [0.29, 0.717) is 42.0 Å².